The van der Waals surface area contributed by atoms with E-state index in [9.17, 15) is 9.59 Å². The molecule has 0 aromatic carbocycles. The van der Waals surface area contributed by atoms with Crippen molar-refractivity contribution in [3.8, 4) is 0 Å². The number of nitrogens with zero attached hydrogens (tertiary/aromatic N) is 4. The van der Waals surface area contributed by atoms with Gasteiger partial charge in [0.15, 0.2) is 0 Å². The van der Waals surface area contributed by atoms with Crippen molar-refractivity contribution in [2.75, 3.05) is 13.1 Å². The zero-order valence-electron chi connectivity index (χ0n) is 12.4. The SMILES string of the molecule is Cc1cncn(CC2CCN(C(=O)c3cscn3)CC2)c1=O. The third-order valence-electron chi connectivity index (χ3n) is 4.08. The summed E-state index contributed by atoms with van der Waals surface area (Å²) < 4.78 is 1.68. The normalized spacial score (nSPS) is 16.0. The zero-order valence-corrected chi connectivity index (χ0v) is 13.3. The molecule has 3 heterocycles. The fraction of sp³-hybridized carbons (Fsp3) is 0.467. The van der Waals surface area contributed by atoms with Crippen molar-refractivity contribution < 1.29 is 4.79 Å². The molecule has 1 aliphatic rings. The van der Waals surface area contributed by atoms with Crippen LogP contribution in [0.4, 0.5) is 0 Å². The molecular formula is C15H18N4O2S. The van der Waals surface area contributed by atoms with E-state index in [1.54, 1.807) is 34.9 Å². The number of likely N-dealkylation sites (tertiary alicyclic amines) is 1. The summed E-state index contributed by atoms with van der Waals surface area (Å²) in [4.78, 5) is 34.3. The molecule has 0 unspecified atom stereocenters. The van der Waals surface area contributed by atoms with Crippen LogP contribution in [0.1, 0.15) is 28.9 Å². The van der Waals surface area contributed by atoms with E-state index in [2.05, 4.69) is 9.97 Å². The fourth-order valence-electron chi connectivity index (χ4n) is 2.77. The molecule has 1 amide bonds. The molecule has 1 fully saturated rings. The predicted molar refractivity (Wildman–Crippen MR) is 84.0 cm³/mol. The summed E-state index contributed by atoms with van der Waals surface area (Å²) in [5.74, 6) is 0.412. The van der Waals surface area contributed by atoms with Gasteiger partial charge in [0.2, 0.25) is 0 Å². The fourth-order valence-corrected chi connectivity index (χ4v) is 3.29. The molecule has 6 nitrogen and oxygen atoms in total. The van der Waals surface area contributed by atoms with Crippen LogP contribution in [-0.2, 0) is 6.54 Å². The smallest absolute Gasteiger partial charge is 0.273 e. The highest BCUT2D eigenvalue weighted by molar-refractivity contribution is 7.07. The Morgan fingerprint density at radius 2 is 2.18 bits per heavy atom. The van der Waals surface area contributed by atoms with Crippen LogP contribution < -0.4 is 5.56 Å². The molecule has 2 aromatic heterocycles. The first-order valence-corrected chi connectivity index (χ1v) is 8.28. The van der Waals surface area contributed by atoms with Gasteiger partial charge in [-0.05, 0) is 25.7 Å². The average Bonchev–Trinajstić information content (AvgIpc) is 3.06. The van der Waals surface area contributed by atoms with Gasteiger partial charge in [-0.2, -0.15) is 0 Å². The Labute approximate surface area is 132 Å². The van der Waals surface area contributed by atoms with Crippen molar-refractivity contribution in [3.05, 3.63) is 45.0 Å². The monoisotopic (exact) mass is 318 g/mol. The molecule has 0 saturated carbocycles. The number of hydrogen-bond donors (Lipinski definition) is 0. The molecule has 0 N–H and O–H groups in total. The molecule has 116 valence electrons. The van der Waals surface area contributed by atoms with E-state index in [0.717, 1.165) is 25.9 Å². The quantitative estimate of drug-likeness (QED) is 0.861. The number of amides is 1. The summed E-state index contributed by atoms with van der Waals surface area (Å²) >= 11 is 1.43. The Bertz CT molecular complexity index is 703. The van der Waals surface area contributed by atoms with Crippen LogP contribution in [0, 0.1) is 12.8 Å². The van der Waals surface area contributed by atoms with Crippen molar-refractivity contribution in [3.63, 3.8) is 0 Å². The second kappa shape index (κ2) is 6.39. The summed E-state index contributed by atoms with van der Waals surface area (Å²) in [6, 6.07) is 0. The van der Waals surface area contributed by atoms with E-state index in [1.807, 2.05) is 4.90 Å². The number of hydrogen-bond acceptors (Lipinski definition) is 5. The molecule has 0 radical (unpaired) electrons. The molecule has 0 bridgehead atoms. The van der Waals surface area contributed by atoms with Crippen molar-refractivity contribution in [1.82, 2.24) is 19.4 Å². The lowest BCUT2D eigenvalue weighted by Crippen LogP contribution is -2.40. The third-order valence-corrected chi connectivity index (χ3v) is 4.67. The van der Waals surface area contributed by atoms with Gasteiger partial charge in [0.25, 0.3) is 11.5 Å². The summed E-state index contributed by atoms with van der Waals surface area (Å²) in [7, 11) is 0. The van der Waals surface area contributed by atoms with E-state index >= 15 is 0 Å². The van der Waals surface area contributed by atoms with E-state index in [4.69, 9.17) is 0 Å². The van der Waals surface area contributed by atoms with Crippen LogP contribution >= 0.6 is 11.3 Å². The first kappa shape index (κ1) is 14.9. The van der Waals surface area contributed by atoms with Crippen molar-refractivity contribution in [1.29, 1.82) is 0 Å². The molecule has 3 rings (SSSR count). The third kappa shape index (κ3) is 3.09. The Morgan fingerprint density at radius 1 is 1.41 bits per heavy atom. The highest BCUT2D eigenvalue weighted by atomic mass is 32.1. The van der Waals surface area contributed by atoms with Crippen LogP contribution in [0.15, 0.2) is 28.2 Å². The first-order valence-electron chi connectivity index (χ1n) is 7.33. The van der Waals surface area contributed by atoms with Crippen molar-refractivity contribution in [2.45, 2.75) is 26.3 Å². The largest absolute Gasteiger partial charge is 0.337 e. The van der Waals surface area contributed by atoms with Gasteiger partial charge in [-0.3, -0.25) is 14.2 Å². The second-order valence-corrected chi connectivity index (χ2v) is 6.36. The van der Waals surface area contributed by atoms with Crippen LogP contribution in [0.2, 0.25) is 0 Å². The van der Waals surface area contributed by atoms with Crippen LogP contribution in [-0.4, -0.2) is 38.4 Å². The maximum atomic E-state index is 12.2. The number of rotatable bonds is 3. The van der Waals surface area contributed by atoms with E-state index < -0.39 is 0 Å². The minimum atomic E-state index is 0.00842. The highest BCUT2D eigenvalue weighted by Crippen LogP contribution is 2.20. The number of aromatic nitrogens is 3. The number of thiazole rings is 1. The van der Waals surface area contributed by atoms with Gasteiger partial charge in [-0.25, -0.2) is 9.97 Å². The summed E-state index contributed by atoms with van der Waals surface area (Å²) in [6.07, 6.45) is 4.99. The molecule has 2 aromatic rings. The lowest BCUT2D eigenvalue weighted by molar-refractivity contribution is 0.0677. The highest BCUT2D eigenvalue weighted by Gasteiger charge is 2.25. The standard InChI is InChI=1S/C15H18N4O2S/c1-11-6-16-9-19(14(11)20)7-12-2-4-18(5-3-12)15(21)13-8-22-10-17-13/h6,8-10,12H,2-5,7H2,1H3. The van der Waals surface area contributed by atoms with Gasteiger partial charge in [0, 0.05) is 36.8 Å². The molecule has 7 heteroatoms. The number of aryl methyl sites for hydroxylation is 1. The maximum absolute atomic E-state index is 12.2. The molecule has 1 aliphatic heterocycles. The molecule has 0 aliphatic carbocycles. The van der Waals surface area contributed by atoms with Crippen molar-refractivity contribution in [2.24, 2.45) is 5.92 Å². The van der Waals surface area contributed by atoms with Gasteiger partial charge in [0.1, 0.15) is 5.69 Å². The Kier molecular flexibility index (Phi) is 4.33. The minimum absolute atomic E-state index is 0.00842. The van der Waals surface area contributed by atoms with Gasteiger partial charge in [-0.15, -0.1) is 11.3 Å². The van der Waals surface area contributed by atoms with Crippen LogP contribution in [0.5, 0.6) is 0 Å². The summed E-state index contributed by atoms with van der Waals surface area (Å²) in [5, 5.41) is 1.78. The number of carbonyl (C=O) groups is 1. The zero-order chi connectivity index (χ0) is 15.5. The average molecular weight is 318 g/mol. The molecule has 0 atom stereocenters. The molecule has 1 saturated heterocycles. The second-order valence-electron chi connectivity index (χ2n) is 5.64. The van der Waals surface area contributed by atoms with Gasteiger partial charge in [0.05, 0.1) is 11.8 Å². The molecule has 22 heavy (non-hydrogen) atoms. The summed E-state index contributed by atoms with van der Waals surface area (Å²) in [6.45, 7) is 3.89. The Balaban J connectivity index is 1.59. The first-order chi connectivity index (χ1) is 10.6. The molecular weight excluding hydrogens is 300 g/mol. The van der Waals surface area contributed by atoms with E-state index in [1.165, 1.54) is 11.3 Å². The topological polar surface area (TPSA) is 68.1 Å². The number of piperidine rings is 1. The van der Waals surface area contributed by atoms with Gasteiger partial charge >= 0.3 is 0 Å². The van der Waals surface area contributed by atoms with E-state index in [0.29, 0.717) is 23.7 Å². The lowest BCUT2D eigenvalue weighted by atomic mass is 9.96. The number of carbonyl (C=O) groups excluding carboxylic acids is 1. The summed E-state index contributed by atoms with van der Waals surface area (Å²) in [5.41, 5.74) is 2.90. The van der Waals surface area contributed by atoms with Crippen molar-refractivity contribution >= 4 is 17.2 Å². The van der Waals surface area contributed by atoms with Crippen LogP contribution in [0.3, 0.4) is 0 Å². The lowest BCUT2D eigenvalue weighted by Gasteiger charge is -2.31. The Morgan fingerprint density at radius 3 is 2.86 bits per heavy atom. The van der Waals surface area contributed by atoms with Gasteiger partial charge < -0.3 is 4.90 Å². The van der Waals surface area contributed by atoms with Crippen LogP contribution in [0.25, 0.3) is 0 Å². The predicted octanol–water partition coefficient (Wildman–Crippen LogP) is 1.56. The Hall–Kier alpha value is -2.02. The maximum Gasteiger partial charge on any atom is 0.273 e. The van der Waals surface area contributed by atoms with E-state index in [-0.39, 0.29) is 11.5 Å². The minimum Gasteiger partial charge on any atom is -0.337 e. The van der Waals surface area contributed by atoms with Gasteiger partial charge in [-0.1, -0.05) is 0 Å². The molecule has 0 spiro atoms.